The molecule has 0 amide bonds. The average Bonchev–Trinajstić information content (AvgIpc) is 2.38. The molecule has 0 unspecified atom stereocenters. The predicted molar refractivity (Wildman–Crippen MR) is 71.9 cm³/mol. The van der Waals surface area contributed by atoms with Gasteiger partial charge in [0.15, 0.2) is 0 Å². The van der Waals surface area contributed by atoms with Crippen molar-refractivity contribution >= 4 is 17.1 Å². The van der Waals surface area contributed by atoms with Crippen molar-refractivity contribution in [1.82, 2.24) is 0 Å². The molecule has 0 heterocycles. The van der Waals surface area contributed by atoms with Gasteiger partial charge in [0.25, 0.3) is 0 Å². The predicted octanol–water partition coefficient (Wildman–Crippen LogP) is 3.05. The van der Waals surface area contributed by atoms with E-state index >= 15 is 0 Å². The molecule has 0 saturated carbocycles. The molecule has 0 aromatic heterocycles. The number of nitrogens with two attached hydrogens (primary N) is 1. The van der Waals surface area contributed by atoms with Crippen LogP contribution in [0.2, 0.25) is 0 Å². The van der Waals surface area contributed by atoms with E-state index in [1.807, 2.05) is 43.4 Å². The molecule has 0 saturated heterocycles. The summed E-state index contributed by atoms with van der Waals surface area (Å²) < 4.78 is 5.22. The Bertz CT molecular complexity index is 497. The Morgan fingerprint density at radius 2 is 1.71 bits per heavy atom. The van der Waals surface area contributed by atoms with Crippen molar-refractivity contribution in [3.8, 4) is 5.75 Å². The van der Waals surface area contributed by atoms with Crippen LogP contribution >= 0.6 is 0 Å². The number of ether oxygens (including phenoxy) is 1. The summed E-state index contributed by atoms with van der Waals surface area (Å²) in [7, 11) is 3.64. The van der Waals surface area contributed by atoms with Gasteiger partial charge in [-0.2, -0.15) is 0 Å². The van der Waals surface area contributed by atoms with Gasteiger partial charge in [-0.15, -0.1) is 0 Å². The van der Waals surface area contributed by atoms with Gasteiger partial charge in [0.05, 0.1) is 7.11 Å². The lowest BCUT2D eigenvalue weighted by atomic mass is 10.2. The molecule has 0 radical (unpaired) electrons. The second-order valence-corrected chi connectivity index (χ2v) is 3.86. The number of hydrogen-bond donors (Lipinski definition) is 1. The van der Waals surface area contributed by atoms with Crippen LogP contribution in [-0.2, 0) is 0 Å². The molecule has 2 N–H and O–H groups in total. The van der Waals surface area contributed by atoms with Crippen LogP contribution in [0, 0.1) is 0 Å². The molecule has 2 aromatic carbocycles. The van der Waals surface area contributed by atoms with Gasteiger partial charge >= 0.3 is 0 Å². The lowest BCUT2D eigenvalue weighted by molar-refractivity contribution is 0.415. The molecule has 0 aliphatic carbocycles. The first-order chi connectivity index (χ1) is 8.20. The average molecular weight is 228 g/mol. The normalized spacial score (nSPS) is 10.0. The molecule has 2 rings (SSSR count). The van der Waals surface area contributed by atoms with E-state index in [0.717, 1.165) is 17.1 Å². The number of nitrogens with zero attached hydrogens (tertiary/aromatic N) is 1. The topological polar surface area (TPSA) is 38.5 Å². The third-order valence-corrected chi connectivity index (χ3v) is 2.68. The smallest absolute Gasteiger partial charge is 0.122 e. The maximum Gasteiger partial charge on any atom is 0.122 e. The van der Waals surface area contributed by atoms with Crippen LogP contribution in [0.25, 0.3) is 0 Å². The minimum Gasteiger partial charge on any atom is -0.497 e. The number of anilines is 3. The first-order valence-electron chi connectivity index (χ1n) is 5.44. The van der Waals surface area contributed by atoms with Crippen LogP contribution in [0.3, 0.4) is 0 Å². The molecule has 17 heavy (non-hydrogen) atoms. The highest BCUT2D eigenvalue weighted by molar-refractivity contribution is 5.68. The second kappa shape index (κ2) is 4.78. The molecule has 0 aliphatic rings. The molecule has 2 aromatic rings. The molecular weight excluding hydrogens is 212 g/mol. The maximum atomic E-state index is 5.84. The summed E-state index contributed by atoms with van der Waals surface area (Å²) in [5, 5.41) is 0. The lowest BCUT2D eigenvalue weighted by Gasteiger charge is -2.20. The summed E-state index contributed by atoms with van der Waals surface area (Å²) in [6.45, 7) is 0. The maximum absolute atomic E-state index is 5.84. The fourth-order valence-electron chi connectivity index (χ4n) is 1.72. The highest BCUT2D eigenvalue weighted by atomic mass is 16.5. The Labute approximate surface area is 101 Å². The fraction of sp³-hybridized carbons (Fsp3) is 0.143. The number of para-hydroxylation sites is 1. The summed E-state index contributed by atoms with van der Waals surface area (Å²) in [5.74, 6) is 0.766. The standard InChI is InChI=1S/C14H16N2O/c1-16(12-6-4-3-5-7-12)13-8-11(15)9-14(10-13)17-2/h3-10H,15H2,1-2H3. The monoisotopic (exact) mass is 228 g/mol. The van der Waals surface area contributed by atoms with E-state index in [-0.39, 0.29) is 0 Å². The van der Waals surface area contributed by atoms with E-state index in [1.54, 1.807) is 7.11 Å². The van der Waals surface area contributed by atoms with Gasteiger partial charge in [-0.1, -0.05) is 18.2 Å². The SMILES string of the molecule is COc1cc(N)cc(N(C)c2ccccc2)c1. The molecular formula is C14H16N2O. The first-order valence-corrected chi connectivity index (χ1v) is 5.44. The van der Waals surface area contributed by atoms with E-state index in [1.165, 1.54) is 0 Å². The molecule has 88 valence electrons. The third-order valence-electron chi connectivity index (χ3n) is 2.68. The first kappa shape index (κ1) is 11.3. The number of nitrogen functional groups attached to an aromatic ring is 1. The van der Waals surface area contributed by atoms with Crippen LogP contribution in [0.4, 0.5) is 17.1 Å². The van der Waals surface area contributed by atoms with Crippen LogP contribution < -0.4 is 15.4 Å². The van der Waals surface area contributed by atoms with Gasteiger partial charge in [-0.3, -0.25) is 0 Å². The van der Waals surface area contributed by atoms with Crippen molar-refractivity contribution in [3.05, 3.63) is 48.5 Å². The largest absolute Gasteiger partial charge is 0.497 e. The van der Waals surface area contributed by atoms with Gasteiger partial charge in [0.1, 0.15) is 5.75 Å². The number of rotatable bonds is 3. The molecule has 3 nitrogen and oxygen atoms in total. The van der Waals surface area contributed by atoms with Crippen molar-refractivity contribution in [2.75, 3.05) is 24.8 Å². The Morgan fingerprint density at radius 3 is 2.35 bits per heavy atom. The summed E-state index contributed by atoms with van der Waals surface area (Å²) >= 11 is 0. The third kappa shape index (κ3) is 2.50. The summed E-state index contributed by atoms with van der Waals surface area (Å²) in [6, 6.07) is 15.8. The Balaban J connectivity index is 2.37. The molecule has 3 heteroatoms. The van der Waals surface area contributed by atoms with Gasteiger partial charge in [-0.05, 0) is 18.2 Å². The molecule has 0 aliphatic heterocycles. The summed E-state index contributed by atoms with van der Waals surface area (Å²) in [4.78, 5) is 2.07. The Kier molecular flexibility index (Phi) is 3.19. The van der Waals surface area contributed by atoms with Gasteiger partial charge in [0.2, 0.25) is 0 Å². The Hall–Kier alpha value is -2.16. The molecule has 0 atom stereocenters. The number of hydrogen-bond acceptors (Lipinski definition) is 3. The van der Waals surface area contributed by atoms with Crippen LogP contribution in [0.1, 0.15) is 0 Å². The second-order valence-electron chi connectivity index (χ2n) is 3.86. The van der Waals surface area contributed by atoms with Gasteiger partial charge in [-0.25, -0.2) is 0 Å². The van der Waals surface area contributed by atoms with Gasteiger partial charge in [0, 0.05) is 36.2 Å². The zero-order valence-corrected chi connectivity index (χ0v) is 10.1. The zero-order valence-electron chi connectivity index (χ0n) is 10.1. The van der Waals surface area contributed by atoms with Crippen LogP contribution in [0.5, 0.6) is 5.75 Å². The van der Waals surface area contributed by atoms with Crippen molar-refractivity contribution < 1.29 is 4.74 Å². The number of benzene rings is 2. The van der Waals surface area contributed by atoms with Crippen LogP contribution in [0.15, 0.2) is 48.5 Å². The van der Waals surface area contributed by atoms with E-state index in [9.17, 15) is 0 Å². The fourth-order valence-corrected chi connectivity index (χ4v) is 1.72. The van der Waals surface area contributed by atoms with Crippen molar-refractivity contribution in [2.45, 2.75) is 0 Å². The zero-order chi connectivity index (χ0) is 12.3. The highest BCUT2D eigenvalue weighted by Gasteiger charge is 2.05. The minimum atomic E-state index is 0.696. The van der Waals surface area contributed by atoms with Crippen molar-refractivity contribution in [3.63, 3.8) is 0 Å². The van der Waals surface area contributed by atoms with Crippen LogP contribution in [-0.4, -0.2) is 14.2 Å². The van der Waals surface area contributed by atoms with Gasteiger partial charge < -0.3 is 15.4 Å². The minimum absolute atomic E-state index is 0.696. The van der Waals surface area contributed by atoms with E-state index in [2.05, 4.69) is 17.0 Å². The molecule has 0 spiro atoms. The lowest BCUT2D eigenvalue weighted by Crippen LogP contribution is -2.09. The summed E-state index contributed by atoms with van der Waals surface area (Å²) in [5.41, 5.74) is 8.66. The van der Waals surface area contributed by atoms with E-state index < -0.39 is 0 Å². The summed E-state index contributed by atoms with van der Waals surface area (Å²) in [6.07, 6.45) is 0. The van der Waals surface area contributed by atoms with Crippen molar-refractivity contribution in [2.24, 2.45) is 0 Å². The van der Waals surface area contributed by atoms with E-state index in [4.69, 9.17) is 10.5 Å². The molecule has 0 bridgehead atoms. The van der Waals surface area contributed by atoms with E-state index in [0.29, 0.717) is 5.69 Å². The highest BCUT2D eigenvalue weighted by Crippen LogP contribution is 2.29. The quantitative estimate of drug-likeness (QED) is 0.820. The molecule has 0 fully saturated rings. The Morgan fingerprint density at radius 1 is 1.00 bits per heavy atom. The van der Waals surface area contributed by atoms with Crippen molar-refractivity contribution in [1.29, 1.82) is 0 Å². The number of methoxy groups -OCH3 is 1.